The predicted molar refractivity (Wildman–Crippen MR) is 70.4 cm³/mol. The van der Waals surface area contributed by atoms with Crippen LogP contribution in [0.1, 0.15) is 16.8 Å². The Hall–Kier alpha value is -2.64. The van der Waals surface area contributed by atoms with Crippen LogP contribution in [-0.4, -0.2) is 47.4 Å². The number of nitrogens with zero attached hydrogens (tertiary/aromatic N) is 2. The molecule has 0 aliphatic heterocycles. The summed E-state index contributed by atoms with van der Waals surface area (Å²) in [5.74, 6) is -1.13. The Bertz CT molecular complexity index is 542. The number of carbonyl (C=O) groups is 2. The fourth-order valence-corrected chi connectivity index (χ4v) is 1.47. The largest absolute Gasteiger partial charge is 0.508 e. The highest BCUT2D eigenvalue weighted by atomic mass is 16.6. The maximum atomic E-state index is 11.8. The van der Waals surface area contributed by atoms with Crippen LogP contribution in [0.3, 0.4) is 0 Å². The van der Waals surface area contributed by atoms with Crippen LogP contribution in [0.2, 0.25) is 0 Å². The van der Waals surface area contributed by atoms with E-state index in [1.54, 1.807) is 14.1 Å². The number of phenols is 1. The first-order chi connectivity index (χ1) is 9.32. The van der Waals surface area contributed by atoms with Crippen molar-refractivity contribution in [2.24, 2.45) is 0 Å². The summed E-state index contributed by atoms with van der Waals surface area (Å²) in [5.41, 5.74) is -0.647. The number of nitrogens with one attached hydrogen (secondary N) is 1. The normalized spacial score (nSPS) is 9.90. The van der Waals surface area contributed by atoms with Gasteiger partial charge in [0.15, 0.2) is 0 Å². The summed E-state index contributed by atoms with van der Waals surface area (Å²) in [6, 6.07) is 3.20. The van der Waals surface area contributed by atoms with Gasteiger partial charge in [-0.1, -0.05) is 0 Å². The third-order valence-electron chi connectivity index (χ3n) is 2.54. The van der Waals surface area contributed by atoms with Gasteiger partial charge in [-0.2, -0.15) is 0 Å². The molecule has 0 radical (unpaired) electrons. The molecule has 0 atom stereocenters. The van der Waals surface area contributed by atoms with Crippen LogP contribution >= 0.6 is 0 Å². The van der Waals surface area contributed by atoms with Crippen molar-refractivity contribution in [3.05, 3.63) is 33.9 Å². The Balaban J connectivity index is 2.75. The molecule has 2 amide bonds. The van der Waals surface area contributed by atoms with E-state index >= 15 is 0 Å². The van der Waals surface area contributed by atoms with Gasteiger partial charge in [0.1, 0.15) is 11.3 Å². The topological polar surface area (TPSA) is 113 Å². The molecule has 1 aromatic carbocycles. The molecule has 0 saturated heterocycles. The first-order valence-electron chi connectivity index (χ1n) is 5.78. The number of hydrogen-bond donors (Lipinski definition) is 2. The second-order valence-electron chi connectivity index (χ2n) is 4.25. The third-order valence-corrected chi connectivity index (χ3v) is 2.54. The van der Waals surface area contributed by atoms with Crippen LogP contribution in [0.25, 0.3) is 0 Å². The number of benzene rings is 1. The van der Waals surface area contributed by atoms with E-state index in [1.807, 2.05) is 0 Å². The van der Waals surface area contributed by atoms with E-state index in [0.717, 1.165) is 18.2 Å². The van der Waals surface area contributed by atoms with Crippen molar-refractivity contribution in [2.45, 2.75) is 6.42 Å². The number of nitro benzene ring substituents is 1. The van der Waals surface area contributed by atoms with E-state index in [0.29, 0.717) is 0 Å². The van der Waals surface area contributed by atoms with Gasteiger partial charge >= 0.3 is 0 Å². The van der Waals surface area contributed by atoms with E-state index in [2.05, 4.69) is 5.32 Å². The molecule has 2 N–H and O–H groups in total. The molecular formula is C12H15N3O5. The zero-order valence-electron chi connectivity index (χ0n) is 11.1. The summed E-state index contributed by atoms with van der Waals surface area (Å²) in [5, 5.41) is 22.5. The number of hydrogen-bond acceptors (Lipinski definition) is 5. The van der Waals surface area contributed by atoms with E-state index < -0.39 is 16.5 Å². The smallest absolute Gasteiger partial charge is 0.282 e. The average Bonchev–Trinajstić information content (AvgIpc) is 2.37. The molecule has 20 heavy (non-hydrogen) atoms. The van der Waals surface area contributed by atoms with Gasteiger partial charge in [0, 0.05) is 33.1 Å². The number of nitro groups is 1. The minimum absolute atomic E-state index is 0.0582. The molecule has 0 aromatic heterocycles. The predicted octanol–water partition coefficient (Wildman–Crippen LogP) is 0.508. The summed E-state index contributed by atoms with van der Waals surface area (Å²) >= 11 is 0. The molecule has 0 heterocycles. The van der Waals surface area contributed by atoms with E-state index in [-0.39, 0.29) is 30.2 Å². The minimum Gasteiger partial charge on any atom is -0.508 e. The first-order valence-corrected chi connectivity index (χ1v) is 5.78. The highest BCUT2D eigenvalue weighted by Crippen LogP contribution is 2.23. The van der Waals surface area contributed by atoms with Crippen LogP contribution < -0.4 is 5.32 Å². The number of aromatic hydroxyl groups is 1. The highest BCUT2D eigenvalue weighted by molar-refractivity contribution is 5.98. The van der Waals surface area contributed by atoms with Gasteiger partial charge in [-0.15, -0.1) is 0 Å². The van der Waals surface area contributed by atoms with Crippen LogP contribution in [0.4, 0.5) is 5.69 Å². The average molecular weight is 281 g/mol. The fourth-order valence-electron chi connectivity index (χ4n) is 1.47. The molecule has 8 nitrogen and oxygen atoms in total. The number of amides is 2. The highest BCUT2D eigenvalue weighted by Gasteiger charge is 2.20. The zero-order valence-corrected chi connectivity index (χ0v) is 11.1. The molecule has 0 bridgehead atoms. The van der Waals surface area contributed by atoms with E-state index in [9.17, 15) is 24.8 Å². The van der Waals surface area contributed by atoms with Gasteiger partial charge in [-0.3, -0.25) is 19.7 Å². The van der Waals surface area contributed by atoms with Crippen LogP contribution in [0, 0.1) is 10.1 Å². The molecule has 1 rings (SSSR count). The van der Waals surface area contributed by atoms with Gasteiger partial charge in [-0.25, -0.2) is 0 Å². The van der Waals surface area contributed by atoms with Gasteiger partial charge in [0.2, 0.25) is 5.91 Å². The Labute approximate surface area is 115 Å². The van der Waals surface area contributed by atoms with Crippen LogP contribution in [0.5, 0.6) is 5.75 Å². The summed E-state index contributed by atoms with van der Waals surface area (Å²) in [4.78, 5) is 34.6. The molecule has 0 spiro atoms. The fraction of sp³-hybridized carbons (Fsp3) is 0.333. The van der Waals surface area contributed by atoms with Crippen LogP contribution in [-0.2, 0) is 4.79 Å². The molecule has 0 saturated carbocycles. The Morgan fingerprint density at radius 1 is 1.40 bits per heavy atom. The van der Waals surface area contributed by atoms with Crippen molar-refractivity contribution in [2.75, 3.05) is 20.6 Å². The lowest BCUT2D eigenvalue weighted by Crippen LogP contribution is -2.30. The number of phenolic OH excluding ortho intramolecular Hbond substituents is 1. The maximum absolute atomic E-state index is 11.8. The van der Waals surface area contributed by atoms with E-state index in [1.165, 1.54) is 4.90 Å². The molecule has 8 heteroatoms. The van der Waals surface area contributed by atoms with Crippen LogP contribution in [0.15, 0.2) is 18.2 Å². The van der Waals surface area contributed by atoms with Crippen molar-refractivity contribution >= 4 is 17.5 Å². The monoisotopic (exact) mass is 281 g/mol. The third kappa shape index (κ3) is 3.94. The minimum atomic E-state index is -0.709. The molecule has 1 aromatic rings. The Kier molecular flexibility index (Phi) is 5.01. The lowest BCUT2D eigenvalue weighted by molar-refractivity contribution is -0.385. The Morgan fingerprint density at radius 2 is 2.05 bits per heavy atom. The maximum Gasteiger partial charge on any atom is 0.282 e. The molecule has 108 valence electrons. The number of rotatable bonds is 5. The summed E-state index contributed by atoms with van der Waals surface area (Å²) < 4.78 is 0. The molecule has 0 aliphatic carbocycles. The second kappa shape index (κ2) is 6.50. The quantitative estimate of drug-likeness (QED) is 0.603. The van der Waals surface area contributed by atoms with E-state index in [4.69, 9.17) is 0 Å². The van der Waals surface area contributed by atoms with Crippen molar-refractivity contribution in [3.8, 4) is 5.75 Å². The lowest BCUT2D eigenvalue weighted by atomic mass is 10.1. The SMILES string of the molecule is CN(C)C(=O)CCNC(=O)c1cc(O)ccc1[N+](=O)[O-]. The summed E-state index contributed by atoms with van der Waals surface area (Å²) in [6.07, 6.45) is 0.0886. The molecular weight excluding hydrogens is 266 g/mol. The summed E-state index contributed by atoms with van der Waals surface area (Å²) in [7, 11) is 3.18. The van der Waals surface area contributed by atoms with Gasteiger partial charge in [0.05, 0.1) is 4.92 Å². The summed E-state index contributed by atoms with van der Waals surface area (Å²) in [6.45, 7) is 0.0582. The second-order valence-corrected chi connectivity index (χ2v) is 4.25. The zero-order chi connectivity index (χ0) is 15.3. The van der Waals surface area contributed by atoms with Gasteiger partial charge < -0.3 is 15.3 Å². The Morgan fingerprint density at radius 3 is 2.60 bits per heavy atom. The lowest BCUT2D eigenvalue weighted by Gasteiger charge is -2.10. The van der Waals surface area contributed by atoms with Crippen molar-refractivity contribution < 1.29 is 19.6 Å². The first kappa shape index (κ1) is 15.4. The van der Waals surface area contributed by atoms with Gasteiger partial charge in [0.25, 0.3) is 11.6 Å². The van der Waals surface area contributed by atoms with Gasteiger partial charge in [-0.05, 0) is 12.1 Å². The standard InChI is InChI=1S/C12H15N3O5/c1-14(2)11(17)5-6-13-12(18)9-7-8(16)3-4-10(9)15(19)20/h3-4,7,16H,5-6H2,1-2H3,(H,13,18). The van der Waals surface area contributed by atoms with Crippen molar-refractivity contribution in [1.29, 1.82) is 0 Å². The molecule has 0 unspecified atom stereocenters. The molecule has 0 fully saturated rings. The van der Waals surface area contributed by atoms with Crippen molar-refractivity contribution in [3.63, 3.8) is 0 Å². The van der Waals surface area contributed by atoms with Crippen molar-refractivity contribution in [1.82, 2.24) is 10.2 Å². The molecule has 0 aliphatic rings. The number of carbonyl (C=O) groups excluding carboxylic acids is 2.